The molecule has 1 aromatic carbocycles. The van der Waals surface area contributed by atoms with E-state index in [1.54, 1.807) is 14.2 Å². The van der Waals surface area contributed by atoms with Crippen molar-refractivity contribution in [3.8, 4) is 0 Å². The van der Waals surface area contributed by atoms with Crippen molar-refractivity contribution in [3.05, 3.63) is 29.8 Å². The highest BCUT2D eigenvalue weighted by Crippen LogP contribution is 2.15. The third-order valence-electron chi connectivity index (χ3n) is 2.43. The topological polar surface area (TPSA) is 42.5 Å². The van der Waals surface area contributed by atoms with E-state index in [0.717, 1.165) is 12.1 Å². The first-order valence-electron chi connectivity index (χ1n) is 5.88. The molecule has 1 rings (SSSR count). The van der Waals surface area contributed by atoms with E-state index in [2.05, 4.69) is 16.7 Å². The number of nitrogens with one attached hydrogen (secondary N) is 2. The summed E-state index contributed by atoms with van der Waals surface area (Å²) >= 11 is 5.21. The van der Waals surface area contributed by atoms with Gasteiger partial charge in [-0.2, -0.15) is 0 Å². The number of hydrogen-bond acceptors (Lipinski definition) is 3. The highest BCUT2D eigenvalue weighted by molar-refractivity contribution is 7.80. The molecule has 0 radical (unpaired) electrons. The average Bonchev–Trinajstić information content (AvgIpc) is 2.38. The van der Waals surface area contributed by atoms with Crippen LogP contribution in [0.5, 0.6) is 0 Å². The number of rotatable bonds is 7. The van der Waals surface area contributed by atoms with Crippen molar-refractivity contribution in [2.24, 2.45) is 0 Å². The van der Waals surface area contributed by atoms with Gasteiger partial charge >= 0.3 is 0 Å². The van der Waals surface area contributed by atoms with E-state index in [-0.39, 0.29) is 0 Å². The molecule has 0 bridgehead atoms. The van der Waals surface area contributed by atoms with Crippen molar-refractivity contribution in [1.82, 2.24) is 5.32 Å². The summed E-state index contributed by atoms with van der Waals surface area (Å²) in [5.41, 5.74) is 2.21. The maximum Gasteiger partial charge on any atom is 0.170 e. The van der Waals surface area contributed by atoms with Crippen LogP contribution in [0.2, 0.25) is 0 Å². The molecule has 0 saturated heterocycles. The fourth-order valence-electron chi connectivity index (χ4n) is 1.51. The smallest absolute Gasteiger partial charge is 0.170 e. The maximum atomic E-state index is 5.21. The monoisotopic (exact) mass is 268 g/mol. The van der Waals surface area contributed by atoms with E-state index in [9.17, 15) is 0 Å². The second kappa shape index (κ2) is 8.85. The standard InChI is InChI=1S/C13H20N2O2S/c1-16-9-7-11-5-3-4-6-12(11)15-13(18)14-8-10-17-2/h3-6H,7-10H2,1-2H3,(H2,14,15,18). The SMILES string of the molecule is COCCNC(=S)Nc1ccccc1CCOC. The van der Waals surface area contributed by atoms with E-state index in [0.29, 0.717) is 24.9 Å². The van der Waals surface area contributed by atoms with Crippen LogP contribution in [0.15, 0.2) is 24.3 Å². The number of ether oxygens (including phenoxy) is 2. The average molecular weight is 268 g/mol. The predicted molar refractivity (Wildman–Crippen MR) is 78.1 cm³/mol. The molecule has 0 heterocycles. The summed E-state index contributed by atoms with van der Waals surface area (Å²) < 4.78 is 10.0. The summed E-state index contributed by atoms with van der Waals surface area (Å²) in [7, 11) is 3.37. The van der Waals surface area contributed by atoms with Gasteiger partial charge in [-0.3, -0.25) is 0 Å². The van der Waals surface area contributed by atoms with Crippen molar-refractivity contribution in [1.29, 1.82) is 0 Å². The minimum atomic E-state index is 0.608. The number of hydrogen-bond donors (Lipinski definition) is 2. The molecular formula is C13H20N2O2S. The first kappa shape index (κ1) is 14.9. The van der Waals surface area contributed by atoms with Gasteiger partial charge in [-0.15, -0.1) is 0 Å². The summed E-state index contributed by atoms with van der Waals surface area (Å²) in [6.07, 6.45) is 0.861. The van der Waals surface area contributed by atoms with Gasteiger partial charge in [0.25, 0.3) is 0 Å². The van der Waals surface area contributed by atoms with Crippen LogP contribution in [0.1, 0.15) is 5.56 Å². The molecule has 0 unspecified atom stereocenters. The molecular weight excluding hydrogens is 248 g/mol. The maximum absolute atomic E-state index is 5.21. The fourth-order valence-corrected chi connectivity index (χ4v) is 1.72. The molecule has 0 atom stereocenters. The Hall–Kier alpha value is -1.17. The molecule has 0 aliphatic heterocycles. The van der Waals surface area contributed by atoms with Crippen molar-refractivity contribution in [3.63, 3.8) is 0 Å². The van der Waals surface area contributed by atoms with E-state index in [1.807, 2.05) is 18.2 Å². The lowest BCUT2D eigenvalue weighted by Gasteiger charge is -2.13. The van der Waals surface area contributed by atoms with E-state index in [4.69, 9.17) is 21.7 Å². The van der Waals surface area contributed by atoms with E-state index in [1.165, 1.54) is 5.56 Å². The van der Waals surface area contributed by atoms with Crippen LogP contribution >= 0.6 is 12.2 Å². The highest BCUT2D eigenvalue weighted by Gasteiger charge is 2.03. The molecule has 4 nitrogen and oxygen atoms in total. The Kier molecular flexibility index (Phi) is 7.32. The molecule has 0 saturated carbocycles. The Morgan fingerprint density at radius 1 is 1.17 bits per heavy atom. The Morgan fingerprint density at radius 3 is 2.61 bits per heavy atom. The van der Waals surface area contributed by atoms with Gasteiger partial charge < -0.3 is 20.1 Å². The van der Waals surface area contributed by atoms with Crippen molar-refractivity contribution in [2.45, 2.75) is 6.42 Å². The van der Waals surface area contributed by atoms with Crippen LogP contribution in [-0.2, 0) is 15.9 Å². The zero-order valence-corrected chi connectivity index (χ0v) is 11.7. The molecule has 100 valence electrons. The van der Waals surface area contributed by atoms with Gasteiger partial charge in [-0.25, -0.2) is 0 Å². The molecule has 1 aromatic rings. The van der Waals surface area contributed by atoms with Crippen LogP contribution in [0.4, 0.5) is 5.69 Å². The summed E-state index contributed by atoms with van der Waals surface area (Å²) in [6.45, 7) is 2.03. The van der Waals surface area contributed by atoms with Gasteiger partial charge in [0.2, 0.25) is 0 Å². The quantitative estimate of drug-likeness (QED) is 0.583. The molecule has 18 heavy (non-hydrogen) atoms. The first-order valence-corrected chi connectivity index (χ1v) is 6.29. The highest BCUT2D eigenvalue weighted by atomic mass is 32.1. The van der Waals surface area contributed by atoms with E-state index >= 15 is 0 Å². The van der Waals surface area contributed by atoms with Gasteiger partial charge in [0, 0.05) is 26.5 Å². The second-order valence-corrected chi connectivity index (χ2v) is 4.18. The van der Waals surface area contributed by atoms with Crippen molar-refractivity contribution >= 4 is 23.0 Å². The van der Waals surface area contributed by atoms with Crippen LogP contribution in [-0.4, -0.2) is 39.1 Å². The van der Waals surface area contributed by atoms with Crippen LogP contribution < -0.4 is 10.6 Å². The fraction of sp³-hybridized carbons (Fsp3) is 0.462. The Morgan fingerprint density at radius 2 is 1.89 bits per heavy atom. The van der Waals surface area contributed by atoms with Gasteiger partial charge in [-0.05, 0) is 30.3 Å². The lowest BCUT2D eigenvalue weighted by Crippen LogP contribution is -2.31. The molecule has 0 spiro atoms. The van der Waals surface area contributed by atoms with Gasteiger partial charge in [0.1, 0.15) is 0 Å². The molecule has 0 fully saturated rings. The minimum absolute atomic E-state index is 0.608. The second-order valence-electron chi connectivity index (χ2n) is 3.77. The van der Waals surface area contributed by atoms with Crippen molar-refractivity contribution in [2.75, 3.05) is 39.3 Å². The Balaban J connectivity index is 2.51. The van der Waals surface area contributed by atoms with Gasteiger partial charge in [-0.1, -0.05) is 18.2 Å². The largest absolute Gasteiger partial charge is 0.384 e. The first-order chi connectivity index (χ1) is 8.77. The lowest BCUT2D eigenvalue weighted by atomic mass is 10.1. The third kappa shape index (κ3) is 5.44. The summed E-state index contributed by atoms with van der Waals surface area (Å²) in [6, 6.07) is 8.07. The third-order valence-corrected chi connectivity index (χ3v) is 2.68. The molecule has 0 aliphatic rings. The normalized spacial score (nSPS) is 10.1. The molecule has 0 amide bonds. The summed E-state index contributed by atoms with van der Waals surface area (Å²) in [5, 5.41) is 6.88. The summed E-state index contributed by atoms with van der Waals surface area (Å²) in [5.74, 6) is 0. The number of para-hydroxylation sites is 1. The number of thiocarbonyl (C=S) groups is 1. The Bertz CT molecular complexity index is 372. The van der Waals surface area contributed by atoms with Gasteiger partial charge in [0.05, 0.1) is 13.2 Å². The predicted octanol–water partition coefficient (Wildman–Crippen LogP) is 1.81. The Labute approximate surface area is 114 Å². The summed E-state index contributed by atoms with van der Waals surface area (Å²) in [4.78, 5) is 0. The molecule has 2 N–H and O–H groups in total. The lowest BCUT2D eigenvalue weighted by molar-refractivity contribution is 0.202. The molecule has 5 heteroatoms. The number of benzene rings is 1. The number of anilines is 1. The zero-order chi connectivity index (χ0) is 13.2. The van der Waals surface area contributed by atoms with Gasteiger partial charge in [0.15, 0.2) is 5.11 Å². The molecule has 0 aromatic heterocycles. The van der Waals surface area contributed by atoms with Crippen LogP contribution in [0.3, 0.4) is 0 Å². The number of methoxy groups -OCH3 is 2. The zero-order valence-electron chi connectivity index (χ0n) is 10.9. The minimum Gasteiger partial charge on any atom is -0.384 e. The van der Waals surface area contributed by atoms with Crippen LogP contribution in [0, 0.1) is 0 Å². The van der Waals surface area contributed by atoms with Crippen molar-refractivity contribution < 1.29 is 9.47 Å². The molecule has 0 aliphatic carbocycles. The van der Waals surface area contributed by atoms with E-state index < -0.39 is 0 Å². The van der Waals surface area contributed by atoms with Crippen LogP contribution in [0.25, 0.3) is 0 Å².